The van der Waals surface area contributed by atoms with Gasteiger partial charge in [0, 0.05) is 0 Å². The molecule has 2 heteroatoms. The average molecular weight is 342 g/mol. The summed E-state index contributed by atoms with van der Waals surface area (Å²) in [6.45, 7) is 2.12. The molecule has 0 saturated heterocycles. The van der Waals surface area contributed by atoms with E-state index >= 15 is 0 Å². The van der Waals surface area contributed by atoms with Gasteiger partial charge < -0.3 is 4.74 Å². The first kappa shape index (κ1) is 17.8. The van der Waals surface area contributed by atoms with Crippen molar-refractivity contribution in [2.45, 2.75) is 12.5 Å². The Bertz CT molecular complexity index is 756. The first-order valence-electron chi connectivity index (χ1n) is 8.70. The minimum absolute atomic E-state index is 0.337. The molecule has 0 aliphatic carbocycles. The van der Waals surface area contributed by atoms with Crippen molar-refractivity contribution in [3.63, 3.8) is 0 Å². The van der Waals surface area contributed by atoms with Crippen LogP contribution in [0.4, 0.5) is 0 Å². The molecule has 3 aromatic carbocycles. The molecule has 3 rings (SSSR count). The van der Waals surface area contributed by atoms with Gasteiger partial charge in [-0.2, -0.15) is 0 Å². The zero-order valence-electron chi connectivity index (χ0n) is 14.8. The van der Waals surface area contributed by atoms with Crippen molar-refractivity contribution in [3.8, 4) is 0 Å². The maximum atomic E-state index is 10.9. The molecule has 0 atom stereocenters. The number of carbonyl (C=O) groups excluding carboxylic acids is 1. The molecule has 0 fully saturated rings. The van der Waals surface area contributed by atoms with E-state index in [1.165, 1.54) is 0 Å². The monoisotopic (exact) mass is 342 g/mol. The molecule has 130 valence electrons. The van der Waals surface area contributed by atoms with Gasteiger partial charge in [0.2, 0.25) is 0 Å². The van der Waals surface area contributed by atoms with Crippen LogP contribution in [0.15, 0.2) is 103 Å². The van der Waals surface area contributed by atoms with Crippen LogP contribution in [0.1, 0.15) is 23.6 Å². The third-order valence-corrected chi connectivity index (χ3v) is 4.43. The Morgan fingerprint density at radius 1 is 0.769 bits per heavy atom. The first-order chi connectivity index (χ1) is 12.8. The summed E-state index contributed by atoms with van der Waals surface area (Å²) in [4.78, 5) is 10.9. The van der Waals surface area contributed by atoms with Gasteiger partial charge in [0.1, 0.15) is 11.9 Å². The zero-order chi connectivity index (χ0) is 18.2. The Hall–Kier alpha value is -2.97. The van der Waals surface area contributed by atoms with E-state index in [0.29, 0.717) is 12.2 Å². The van der Waals surface area contributed by atoms with E-state index in [1.807, 2.05) is 60.7 Å². The summed E-state index contributed by atoms with van der Waals surface area (Å²) in [6.07, 6.45) is 2.66. The molecule has 0 radical (unpaired) electrons. The van der Waals surface area contributed by atoms with Crippen LogP contribution >= 0.6 is 0 Å². The summed E-state index contributed by atoms with van der Waals surface area (Å²) < 4.78 is 6.53. The third kappa shape index (κ3) is 3.66. The minimum Gasteiger partial charge on any atom is -0.357 e. The quantitative estimate of drug-likeness (QED) is 0.338. The highest BCUT2D eigenvalue weighted by molar-refractivity contribution is 5.72. The van der Waals surface area contributed by atoms with Crippen molar-refractivity contribution >= 4 is 6.29 Å². The Kier molecular flexibility index (Phi) is 5.77. The number of allylic oxidation sites excluding steroid dienone is 1. The van der Waals surface area contributed by atoms with Gasteiger partial charge in [0.25, 0.3) is 0 Å². The standard InChI is InChI=1S/C24H22O2/c1-20(19-25)17-18-26-24(21-11-5-2-6-12-21,22-13-7-3-8-14-22)23-15-9-4-10-16-23/h2-17,19H,18H2,1H3/b20-17+. The Balaban J connectivity index is 2.19. The lowest BCUT2D eigenvalue weighted by Crippen LogP contribution is -2.33. The zero-order valence-corrected chi connectivity index (χ0v) is 14.8. The summed E-state index contributed by atoms with van der Waals surface area (Å²) in [7, 11) is 0. The van der Waals surface area contributed by atoms with Crippen molar-refractivity contribution < 1.29 is 9.53 Å². The molecule has 0 aliphatic heterocycles. The molecule has 26 heavy (non-hydrogen) atoms. The lowest BCUT2D eigenvalue weighted by molar-refractivity contribution is -0.104. The topological polar surface area (TPSA) is 26.3 Å². The van der Waals surface area contributed by atoms with Gasteiger partial charge in [-0.1, -0.05) is 97.1 Å². The predicted octanol–water partition coefficient (Wildman–Crippen LogP) is 5.14. The fourth-order valence-corrected chi connectivity index (χ4v) is 3.11. The molecule has 0 saturated carbocycles. The van der Waals surface area contributed by atoms with E-state index in [4.69, 9.17) is 4.74 Å². The fourth-order valence-electron chi connectivity index (χ4n) is 3.11. The summed E-state index contributed by atoms with van der Waals surface area (Å²) >= 11 is 0. The van der Waals surface area contributed by atoms with Gasteiger partial charge in [0.15, 0.2) is 0 Å². The SMILES string of the molecule is C/C(C=O)=C\COC(c1ccccc1)(c1ccccc1)c1ccccc1. The molecular formula is C24H22O2. The lowest BCUT2D eigenvalue weighted by Gasteiger charge is -2.35. The summed E-state index contributed by atoms with van der Waals surface area (Å²) in [5.74, 6) is 0. The number of aldehydes is 1. The molecule has 0 N–H and O–H groups in total. The van der Waals surface area contributed by atoms with Gasteiger partial charge in [0.05, 0.1) is 6.61 Å². The molecule has 0 aliphatic rings. The Morgan fingerprint density at radius 3 is 1.50 bits per heavy atom. The first-order valence-corrected chi connectivity index (χ1v) is 8.70. The smallest absolute Gasteiger partial charge is 0.145 e. The number of carbonyl (C=O) groups is 1. The van der Waals surface area contributed by atoms with Crippen LogP contribution in [0, 0.1) is 0 Å². The molecule has 0 unspecified atom stereocenters. The van der Waals surface area contributed by atoms with Gasteiger partial charge in [-0.05, 0) is 29.2 Å². The van der Waals surface area contributed by atoms with E-state index in [1.54, 1.807) is 6.92 Å². The van der Waals surface area contributed by atoms with E-state index in [9.17, 15) is 4.79 Å². The van der Waals surface area contributed by atoms with Gasteiger partial charge in [-0.3, -0.25) is 4.79 Å². The van der Waals surface area contributed by atoms with E-state index in [-0.39, 0.29) is 0 Å². The molecule has 0 spiro atoms. The molecule has 0 aromatic heterocycles. The van der Waals surface area contributed by atoms with Gasteiger partial charge >= 0.3 is 0 Å². The van der Waals surface area contributed by atoms with Crippen LogP contribution in [0.2, 0.25) is 0 Å². The highest BCUT2D eigenvalue weighted by atomic mass is 16.5. The maximum absolute atomic E-state index is 10.9. The largest absolute Gasteiger partial charge is 0.357 e. The van der Waals surface area contributed by atoms with Gasteiger partial charge in [-0.25, -0.2) is 0 Å². The second-order valence-electron chi connectivity index (χ2n) is 6.16. The summed E-state index contributed by atoms with van der Waals surface area (Å²) in [5, 5.41) is 0. The molecule has 3 aromatic rings. The predicted molar refractivity (Wildman–Crippen MR) is 105 cm³/mol. The van der Waals surface area contributed by atoms with Crippen molar-refractivity contribution in [2.75, 3.05) is 6.61 Å². The van der Waals surface area contributed by atoms with Crippen LogP contribution in [0.3, 0.4) is 0 Å². The molecule has 0 amide bonds. The Labute approximate surface area is 154 Å². The fraction of sp³-hybridized carbons (Fsp3) is 0.125. The number of hydrogen-bond donors (Lipinski definition) is 0. The summed E-state index contributed by atoms with van der Waals surface area (Å²) in [5.41, 5.74) is 3.07. The number of hydrogen-bond acceptors (Lipinski definition) is 2. The van der Waals surface area contributed by atoms with Crippen LogP contribution in [-0.2, 0) is 15.1 Å². The van der Waals surface area contributed by atoms with Gasteiger partial charge in [-0.15, -0.1) is 0 Å². The summed E-state index contributed by atoms with van der Waals surface area (Å²) in [6, 6.07) is 30.6. The highest BCUT2D eigenvalue weighted by Gasteiger charge is 2.37. The Morgan fingerprint density at radius 2 is 1.15 bits per heavy atom. The normalized spacial score (nSPS) is 12.0. The van der Waals surface area contributed by atoms with Crippen molar-refractivity contribution in [3.05, 3.63) is 119 Å². The number of benzene rings is 3. The third-order valence-electron chi connectivity index (χ3n) is 4.43. The average Bonchev–Trinajstić information content (AvgIpc) is 2.73. The molecule has 0 bridgehead atoms. The number of rotatable bonds is 7. The van der Waals surface area contributed by atoms with Crippen molar-refractivity contribution in [1.82, 2.24) is 0 Å². The maximum Gasteiger partial charge on any atom is 0.145 e. The number of ether oxygens (including phenoxy) is 1. The lowest BCUT2D eigenvalue weighted by atomic mass is 9.80. The molecule has 2 nitrogen and oxygen atoms in total. The molecular weight excluding hydrogens is 320 g/mol. The minimum atomic E-state index is -0.747. The second kappa shape index (κ2) is 8.41. The van der Waals surface area contributed by atoms with Crippen LogP contribution in [0.5, 0.6) is 0 Å². The highest BCUT2D eigenvalue weighted by Crippen LogP contribution is 2.40. The van der Waals surface area contributed by atoms with E-state index in [0.717, 1.165) is 23.0 Å². The van der Waals surface area contributed by atoms with E-state index in [2.05, 4.69) is 36.4 Å². The van der Waals surface area contributed by atoms with Crippen LogP contribution in [0.25, 0.3) is 0 Å². The van der Waals surface area contributed by atoms with E-state index < -0.39 is 5.60 Å². The van der Waals surface area contributed by atoms with Crippen LogP contribution < -0.4 is 0 Å². The van der Waals surface area contributed by atoms with Crippen molar-refractivity contribution in [1.29, 1.82) is 0 Å². The molecule has 0 heterocycles. The second-order valence-corrected chi connectivity index (χ2v) is 6.16. The van der Waals surface area contributed by atoms with Crippen molar-refractivity contribution in [2.24, 2.45) is 0 Å². The van der Waals surface area contributed by atoms with Crippen LogP contribution in [-0.4, -0.2) is 12.9 Å².